The van der Waals surface area contributed by atoms with Crippen molar-refractivity contribution in [3.05, 3.63) is 11.7 Å². The highest BCUT2D eigenvalue weighted by Gasteiger charge is 2.39. The van der Waals surface area contributed by atoms with Gasteiger partial charge < -0.3 is 14.7 Å². The standard InChI is InChI=1S/C10H14N4O3/c1-6-11-8(17-13-6)5-14-4-7(15)12-10(2,3)9(14)16/h4-5H2,1-3H3,(H,12,15). The maximum absolute atomic E-state index is 12.0. The molecule has 0 spiro atoms. The Kier molecular flexibility index (Phi) is 2.60. The fraction of sp³-hybridized carbons (Fsp3) is 0.600. The number of amides is 2. The van der Waals surface area contributed by atoms with Crippen LogP contribution in [-0.4, -0.2) is 38.9 Å². The van der Waals surface area contributed by atoms with Crippen LogP contribution in [0.1, 0.15) is 25.6 Å². The molecule has 1 N–H and O–H groups in total. The highest BCUT2D eigenvalue weighted by atomic mass is 16.5. The van der Waals surface area contributed by atoms with Crippen molar-refractivity contribution in [3.63, 3.8) is 0 Å². The highest BCUT2D eigenvalue weighted by molar-refractivity contribution is 5.97. The van der Waals surface area contributed by atoms with Gasteiger partial charge in [-0.05, 0) is 20.8 Å². The summed E-state index contributed by atoms with van der Waals surface area (Å²) in [5.74, 6) is 0.494. The van der Waals surface area contributed by atoms with Crippen molar-refractivity contribution in [3.8, 4) is 0 Å². The van der Waals surface area contributed by atoms with E-state index in [4.69, 9.17) is 4.52 Å². The van der Waals surface area contributed by atoms with Crippen molar-refractivity contribution >= 4 is 11.8 Å². The van der Waals surface area contributed by atoms with Gasteiger partial charge in [0.2, 0.25) is 17.7 Å². The number of rotatable bonds is 2. The molecule has 0 unspecified atom stereocenters. The number of hydrogen-bond acceptors (Lipinski definition) is 5. The van der Waals surface area contributed by atoms with Gasteiger partial charge in [-0.2, -0.15) is 4.98 Å². The van der Waals surface area contributed by atoms with E-state index < -0.39 is 5.54 Å². The number of piperazine rings is 1. The Labute approximate surface area is 98.2 Å². The van der Waals surface area contributed by atoms with Crippen molar-refractivity contribution in [1.29, 1.82) is 0 Å². The lowest BCUT2D eigenvalue weighted by molar-refractivity contribution is -0.149. The summed E-state index contributed by atoms with van der Waals surface area (Å²) >= 11 is 0. The Balaban J connectivity index is 2.15. The van der Waals surface area contributed by atoms with Crippen molar-refractivity contribution in [2.24, 2.45) is 0 Å². The first-order chi connectivity index (χ1) is 7.88. The second-order valence-corrected chi connectivity index (χ2v) is 4.57. The van der Waals surface area contributed by atoms with Crippen molar-refractivity contribution in [2.75, 3.05) is 6.54 Å². The number of aryl methyl sites for hydroxylation is 1. The number of carbonyl (C=O) groups is 2. The lowest BCUT2D eigenvalue weighted by atomic mass is 10.0. The average molecular weight is 238 g/mol. The quantitative estimate of drug-likeness (QED) is 0.758. The number of carbonyl (C=O) groups excluding carboxylic acids is 2. The van der Waals surface area contributed by atoms with Gasteiger partial charge in [0.1, 0.15) is 18.6 Å². The summed E-state index contributed by atoms with van der Waals surface area (Å²) in [6.07, 6.45) is 0. The van der Waals surface area contributed by atoms with Gasteiger partial charge in [-0.3, -0.25) is 9.59 Å². The third kappa shape index (κ3) is 2.27. The summed E-state index contributed by atoms with van der Waals surface area (Å²) in [6, 6.07) is 0. The smallest absolute Gasteiger partial charge is 0.248 e. The minimum absolute atomic E-state index is 0.0176. The minimum Gasteiger partial charge on any atom is -0.341 e. The maximum Gasteiger partial charge on any atom is 0.248 e. The molecule has 0 radical (unpaired) electrons. The van der Waals surface area contributed by atoms with Gasteiger partial charge in [-0.1, -0.05) is 5.16 Å². The van der Waals surface area contributed by atoms with Crippen LogP contribution in [0.4, 0.5) is 0 Å². The van der Waals surface area contributed by atoms with E-state index in [0.29, 0.717) is 11.7 Å². The molecule has 1 aliphatic heterocycles. The molecule has 0 atom stereocenters. The van der Waals surface area contributed by atoms with Crippen molar-refractivity contribution < 1.29 is 14.1 Å². The van der Waals surface area contributed by atoms with Gasteiger partial charge in [0.15, 0.2) is 5.82 Å². The molecule has 0 aliphatic carbocycles. The zero-order valence-electron chi connectivity index (χ0n) is 9.98. The van der Waals surface area contributed by atoms with Crippen LogP contribution in [0.25, 0.3) is 0 Å². The zero-order valence-corrected chi connectivity index (χ0v) is 9.98. The summed E-state index contributed by atoms with van der Waals surface area (Å²) in [6.45, 7) is 5.21. The van der Waals surface area contributed by atoms with E-state index in [-0.39, 0.29) is 24.9 Å². The molecule has 92 valence electrons. The van der Waals surface area contributed by atoms with Crippen LogP contribution in [0.3, 0.4) is 0 Å². The molecular formula is C10H14N4O3. The lowest BCUT2D eigenvalue weighted by Crippen LogP contribution is -2.63. The summed E-state index contributed by atoms with van der Waals surface area (Å²) in [5.41, 5.74) is -0.885. The molecule has 2 amide bonds. The van der Waals surface area contributed by atoms with Crippen LogP contribution in [0.15, 0.2) is 4.52 Å². The largest absolute Gasteiger partial charge is 0.341 e. The van der Waals surface area contributed by atoms with Crippen LogP contribution in [-0.2, 0) is 16.1 Å². The molecule has 1 aliphatic rings. The summed E-state index contributed by atoms with van der Waals surface area (Å²) < 4.78 is 4.93. The fourth-order valence-corrected chi connectivity index (χ4v) is 1.78. The second-order valence-electron chi connectivity index (χ2n) is 4.57. The van der Waals surface area contributed by atoms with Gasteiger partial charge in [0, 0.05) is 0 Å². The van der Waals surface area contributed by atoms with Gasteiger partial charge in [0.25, 0.3) is 0 Å². The summed E-state index contributed by atoms with van der Waals surface area (Å²) in [7, 11) is 0. The Morgan fingerprint density at radius 2 is 2.18 bits per heavy atom. The van der Waals surface area contributed by atoms with Crippen LogP contribution in [0.2, 0.25) is 0 Å². The molecule has 17 heavy (non-hydrogen) atoms. The molecule has 1 saturated heterocycles. The first-order valence-corrected chi connectivity index (χ1v) is 5.28. The molecule has 0 saturated carbocycles. The lowest BCUT2D eigenvalue weighted by Gasteiger charge is -2.36. The predicted molar refractivity (Wildman–Crippen MR) is 56.7 cm³/mol. The molecule has 2 heterocycles. The van der Waals surface area contributed by atoms with Crippen LogP contribution in [0, 0.1) is 6.92 Å². The first-order valence-electron chi connectivity index (χ1n) is 5.28. The molecule has 0 aromatic carbocycles. The molecule has 1 fully saturated rings. The van der Waals surface area contributed by atoms with E-state index in [2.05, 4.69) is 15.5 Å². The number of hydrogen-bond donors (Lipinski definition) is 1. The molecular weight excluding hydrogens is 224 g/mol. The van der Waals surface area contributed by atoms with Crippen LogP contribution >= 0.6 is 0 Å². The third-order valence-corrected chi connectivity index (χ3v) is 2.50. The fourth-order valence-electron chi connectivity index (χ4n) is 1.78. The average Bonchev–Trinajstić information content (AvgIpc) is 2.59. The topological polar surface area (TPSA) is 88.3 Å². The Bertz CT molecular complexity index is 466. The Morgan fingerprint density at radius 1 is 1.47 bits per heavy atom. The minimum atomic E-state index is -0.885. The predicted octanol–water partition coefficient (Wildman–Crippen LogP) is -0.385. The zero-order chi connectivity index (χ0) is 12.6. The highest BCUT2D eigenvalue weighted by Crippen LogP contribution is 2.15. The summed E-state index contributed by atoms with van der Waals surface area (Å²) in [5, 5.41) is 6.27. The molecule has 2 rings (SSSR count). The Hall–Kier alpha value is -1.92. The monoisotopic (exact) mass is 238 g/mol. The van der Waals surface area contributed by atoms with E-state index >= 15 is 0 Å². The molecule has 0 bridgehead atoms. The van der Waals surface area contributed by atoms with Crippen LogP contribution < -0.4 is 5.32 Å². The molecule has 1 aromatic heterocycles. The third-order valence-electron chi connectivity index (χ3n) is 2.50. The molecule has 7 heteroatoms. The van der Waals surface area contributed by atoms with E-state index in [1.165, 1.54) is 4.90 Å². The molecule has 7 nitrogen and oxygen atoms in total. The van der Waals surface area contributed by atoms with Crippen molar-refractivity contribution in [1.82, 2.24) is 20.4 Å². The van der Waals surface area contributed by atoms with Gasteiger partial charge in [0.05, 0.1) is 0 Å². The Morgan fingerprint density at radius 3 is 2.76 bits per heavy atom. The number of nitrogens with zero attached hydrogens (tertiary/aromatic N) is 3. The van der Waals surface area contributed by atoms with Gasteiger partial charge >= 0.3 is 0 Å². The molecule has 1 aromatic rings. The van der Waals surface area contributed by atoms with E-state index in [1.807, 2.05) is 0 Å². The van der Waals surface area contributed by atoms with Gasteiger partial charge in [-0.15, -0.1) is 0 Å². The summed E-state index contributed by atoms with van der Waals surface area (Å²) in [4.78, 5) is 28.9. The second kappa shape index (κ2) is 3.83. The van der Waals surface area contributed by atoms with Gasteiger partial charge in [-0.25, -0.2) is 0 Å². The van der Waals surface area contributed by atoms with E-state index in [0.717, 1.165) is 0 Å². The normalized spacial score (nSPS) is 19.4. The number of nitrogens with one attached hydrogen (secondary N) is 1. The van der Waals surface area contributed by atoms with Crippen LogP contribution in [0.5, 0.6) is 0 Å². The van der Waals surface area contributed by atoms with E-state index in [9.17, 15) is 9.59 Å². The van der Waals surface area contributed by atoms with E-state index in [1.54, 1.807) is 20.8 Å². The maximum atomic E-state index is 12.0. The first kappa shape index (κ1) is 11.6. The number of aromatic nitrogens is 2. The van der Waals surface area contributed by atoms with Crippen molar-refractivity contribution in [2.45, 2.75) is 32.9 Å². The SMILES string of the molecule is Cc1noc(CN2CC(=O)NC(C)(C)C2=O)n1.